The monoisotopic (exact) mass is 523 g/mol. The number of phenols is 1. The summed E-state index contributed by atoms with van der Waals surface area (Å²) in [5.74, 6) is 3.68. The van der Waals surface area contributed by atoms with E-state index in [1.54, 1.807) is 24.3 Å². The normalized spacial score (nSPS) is 37.8. The molecule has 1 aromatic carbocycles. The van der Waals surface area contributed by atoms with Crippen molar-refractivity contribution in [2.75, 3.05) is 0 Å². The summed E-state index contributed by atoms with van der Waals surface area (Å²) >= 11 is 0. The lowest BCUT2D eigenvalue weighted by atomic mass is 9.44. The zero-order valence-electron chi connectivity index (χ0n) is 23.8. The molecule has 5 nitrogen and oxygen atoms in total. The molecule has 38 heavy (non-hydrogen) atoms. The molecule has 0 saturated heterocycles. The first-order chi connectivity index (χ1) is 18.1. The van der Waals surface area contributed by atoms with Gasteiger partial charge in [0.05, 0.1) is 0 Å². The molecule has 5 rings (SSSR count). The molecule has 4 fully saturated rings. The first kappa shape index (κ1) is 27.5. The number of amides is 1. The Balaban J connectivity index is 1.17. The van der Waals surface area contributed by atoms with E-state index in [0.717, 1.165) is 35.7 Å². The number of hydrogen-bond donors (Lipinski definition) is 3. The van der Waals surface area contributed by atoms with Gasteiger partial charge >= 0.3 is 5.97 Å². The fraction of sp³-hybridized carbons (Fsp3) is 0.758. The molecule has 1 amide bonds. The first-order valence-electron chi connectivity index (χ1n) is 15.4. The minimum atomic E-state index is -1.02. The van der Waals surface area contributed by atoms with Crippen LogP contribution in [-0.2, 0) is 16.0 Å². The minimum absolute atomic E-state index is 0.144. The second-order valence-electron chi connectivity index (χ2n) is 14.0. The van der Waals surface area contributed by atoms with Crippen molar-refractivity contribution in [3.8, 4) is 5.75 Å². The number of nitrogens with one attached hydrogen (secondary N) is 1. The highest BCUT2D eigenvalue weighted by molar-refractivity contribution is 5.83. The van der Waals surface area contributed by atoms with E-state index < -0.39 is 12.0 Å². The number of carboxylic acid groups (broad SMARTS) is 1. The lowest BCUT2D eigenvalue weighted by Crippen LogP contribution is -2.53. The van der Waals surface area contributed by atoms with Crippen LogP contribution < -0.4 is 5.32 Å². The zero-order chi connectivity index (χ0) is 27.1. The van der Waals surface area contributed by atoms with Crippen LogP contribution in [0.5, 0.6) is 5.75 Å². The van der Waals surface area contributed by atoms with Crippen molar-refractivity contribution < 1.29 is 19.8 Å². The van der Waals surface area contributed by atoms with Gasteiger partial charge in [0.1, 0.15) is 11.8 Å². The van der Waals surface area contributed by atoms with Gasteiger partial charge in [-0.3, -0.25) is 4.79 Å². The van der Waals surface area contributed by atoms with Crippen LogP contribution in [0.2, 0.25) is 0 Å². The molecule has 0 aliphatic heterocycles. The van der Waals surface area contributed by atoms with E-state index in [4.69, 9.17) is 0 Å². The van der Waals surface area contributed by atoms with Crippen molar-refractivity contribution >= 4 is 11.9 Å². The largest absolute Gasteiger partial charge is 0.508 e. The van der Waals surface area contributed by atoms with Crippen molar-refractivity contribution in [3.63, 3.8) is 0 Å². The van der Waals surface area contributed by atoms with Gasteiger partial charge in [-0.2, -0.15) is 0 Å². The van der Waals surface area contributed by atoms with Crippen LogP contribution in [0.15, 0.2) is 24.3 Å². The van der Waals surface area contributed by atoms with E-state index in [-0.39, 0.29) is 18.1 Å². The Bertz CT molecular complexity index is 1010. The third-order valence-electron chi connectivity index (χ3n) is 12.2. The average Bonchev–Trinajstić information content (AvgIpc) is 3.25. The minimum Gasteiger partial charge on any atom is -0.508 e. The van der Waals surface area contributed by atoms with Gasteiger partial charge < -0.3 is 15.5 Å². The predicted octanol–water partition coefficient (Wildman–Crippen LogP) is 6.97. The number of rotatable bonds is 8. The van der Waals surface area contributed by atoms with E-state index in [0.29, 0.717) is 29.1 Å². The standard InChI is InChI=1S/C33H49NO4/c1-21(7-16-30(36)34-29(31(37)38)20-22-8-11-24(35)12-9-22)26-14-15-27-25-13-10-23-6-4-5-18-32(23,2)28(25)17-19-33(26,27)3/h8-9,11-12,21,23,25-29,35H,4-7,10,13-20H2,1-3H3,(H,34,36)(H,37,38)/t21-,23+,25+,26-,27?,28?,29+,32+,33-/m1/s1. The number of aromatic hydroxyl groups is 1. The number of aliphatic carboxylic acids is 1. The van der Waals surface area contributed by atoms with Crippen LogP contribution in [0.4, 0.5) is 0 Å². The Labute approximate surface area is 229 Å². The highest BCUT2D eigenvalue weighted by atomic mass is 16.4. The zero-order valence-corrected chi connectivity index (χ0v) is 23.8. The van der Waals surface area contributed by atoms with Crippen molar-refractivity contribution in [2.24, 2.45) is 46.3 Å². The van der Waals surface area contributed by atoms with Gasteiger partial charge in [0, 0.05) is 12.8 Å². The maximum absolute atomic E-state index is 12.8. The number of phenolic OH excluding ortho intramolecular Hbond substituents is 1. The quantitative estimate of drug-likeness (QED) is 0.343. The molecule has 5 heteroatoms. The second kappa shape index (κ2) is 10.8. The topological polar surface area (TPSA) is 86.6 Å². The molecule has 210 valence electrons. The SMILES string of the molecule is C[C@H](CCC(=O)N[C@@H](Cc1ccc(O)cc1)C(=O)O)[C@H]1CCC2[C@@H]3CC[C@@H]4CCCC[C@]4(C)C3CC[C@@]21C. The van der Waals surface area contributed by atoms with Gasteiger partial charge in [0.25, 0.3) is 0 Å². The molecule has 2 unspecified atom stereocenters. The number of hydrogen-bond acceptors (Lipinski definition) is 3. The number of fused-ring (bicyclic) bond motifs is 5. The molecular formula is C33H49NO4. The molecule has 4 aliphatic rings. The van der Waals surface area contributed by atoms with Crippen molar-refractivity contribution in [2.45, 2.75) is 110 Å². The van der Waals surface area contributed by atoms with Gasteiger partial charge in [-0.25, -0.2) is 4.79 Å². The maximum atomic E-state index is 12.8. The number of carbonyl (C=O) groups is 2. The number of carboxylic acids is 1. The maximum Gasteiger partial charge on any atom is 0.326 e. The lowest BCUT2D eigenvalue weighted by Gasteiger charge is -2.61. The molecule has 9 atom stereocenters. The molecule has 4 aliphatic carbocycles. The Morgan fingerprint density at radius 3 is 2.42 bits per heavy atom. The van der Waals surface area contributed by atoms with E-state index in [9.17, 15) is 19.8 Å². The van der Waals surface area contributed by atoms with Crippen LogP contribution in [0.25, 0.3) is 0 Å². The van der Waals surface area contributed by atoms with E-state index >= 15 is 0 Å². The number of carbonyl (C=O) groups excluding carboxylic acids is 1. The molecule has 4 saturated carbocycles. The first-order valence-corrected chi connectivity index (χ1v) is 15.4. The summed E-state index contributed by atoms with van der Waals surface area (Å²) in [4.78, 5) is 24.6. The molecule has 0 heterocycles. The fourth-order valence-corrected chi connectivity index (χ4v) is 10.2. The third-order valence-corrected chi connectivity index (χ3v) is 12.2. The van der Waals surface area contributed by atoms with E-state index in [1.165, 1.54) is 64.2 Å². The summed E-state index contributed by atoms with van der Waals surface area (Å²) in [7, 11) is 0. The molecule has 1 aromatic rings. The molecular weight excluding hydrogens is 474 g/mol. The smallest absolute Gasteiger partial charge is 0.326 e. The lowest BCUT2D eigenvalue weighted by molar-refractivity contribution is -0.141. The number of benzene rings is 1. The van der Waals surface area contributed by atoms with Crippen molar-refractivity contribution in [1.29, 1.82) is 0 Å². The summed E-state index contributed by atoms with van der Waals surface area (Å²) in [5, 5.41) is 21.9. The van der Waals surface area contributed by atoms with Crippen LogP contribution in [-0.4, -0.2) is 28.1 Å². The van der Waals surface area contributed by atoms with Gasteiger partial charge in [-0.15, -0.1) is 0 Å². The summed E-state index contributed by atoms with van der Waals surface area (Å²) < 4.78 is 0. The Hall–Kier alpha value is -2.04. The highest BCUT2D eigenvalue weighted by Crippen LogP contribution is 2.68. The van der Waals surface area contributed by atoms with Crippen LogP contribution in [0, 0.1) is 46.3 Å². The van der Waals surface area contributed by atoms with Crippen molar-refractivity contribution in [1.82, 2.24) is 5.32 Å². The molecule has 0 bridgehead atoms. The third kappa shape index (κ3) is 5.11. The summed E-state index contributed by atoms with van der Waals surface area (Å²) in [6.45, 7) is 7.56. The molecule has 0 aromatic heterocycles. The molecule has 0 radical (unpaired) electrons. The van der Waals surface area contributed by atoms with Gasteiger partial charge in [0.2, 0.25) is 5.91 Å². The highest BCUT2D eigenvalue weighted by Gasteiger charge is 2.60. The fourth-order valence-electron chi connectivity index (χ4n) is 10.2. The van der Waals surface area contributed by atoms with Crippen LogP contribution >= 0.6 is 0 Å². The predicted molar refractivity (Wildman–Crippen MR) is 150 cm³/mol. The van der Waals surface area contributed by atoms with Gasteiger partial charge in [-0.05, 0) is 122 Å². The molecule has 0 spiro atoms. The average molecular weight is 524 g/mol. The summed E-state index contributed by atoms with van der Waals surface area (Å²) in [5.41, 5.74) is 1.74. The Kier molecular flexibility index (Phi) is 7.86. The Morgan fingerprint density at radius 1 is 0.947 bits per heavy atom. The second-order valence-corrected chi connectivity index (χ2v) is 14.0. The van der Waals surface area contributed by atoms with Crippen LogP contribution in [0.1, 0.15) is 103 Å². The van der Waals surface area contributed by atoms with Crippen molar-refractivity contribution in [3.05, 3.63) is 29.8 Å². The summed E-state index contributed by atoms with van der Waals surface area (Å²) in [6.07, 6.45) is 15.4. The Morgan fingerprint density at radius 2 is 1.68 bits per heavy atom. The summed E-state index contributed by atoms with van der Waals surface area (Å²) in [6, 6.07) is 5.53. The van der Waals surface area contributed by atoms with Gasteiger partial charge in [-0.1, -0.05) is 45.7 Å². The van der Waals surface area contributed by atoms with Crippen LogP contribution in [0.3, 0.4) is 0 Å². The van der Waals surface area contributed by atoms with Gasteiger partial charge in [0.15, 0.2) is 0 Å². The van der Waals surface area contributed by atoms with E-state index in [1.807, 2.05) is 0 Å². The van der Waals surface area contributed by atoms with E-state index in [2.05, 4.69) is 26.1 Å². The molecule has 3 N–H and O–H groups in total.